The van der Waals surface area contributed by atoms with Gasteiger partial charge in [-0.1, -0.05) is 29.8 Å². The van der Waals surface area contributed by atoms with E-state index >= 15 is 0 Å². The van der Waals surface area contributed by atoms with E-state index < -0.39 is 23.4 Å². The van der Waals surface area contributed by atoms with E-state index in [4.69, 9.17) is 0 Å². The van der Waals surface area contributed by atoms with Gasteiger partial charge in [-0.15, -0.1) is 0 Å². The molecule has 5 heteroatoms. The van der Waals surface area contributed by atoms with Crippen LogP contribution in [0.2, 0.25) is 0 Å². The third-order valence-electron chi connectivity index (χ3n) is 3.12. The second kappa shape index (κ2) is 5.99. The highest BCUT2D eigenvalue weighted by Crippen LogP contribution is 2.16. The van der Waals surface area contributed by atoms with Gasteiger partial charge >= 0.3 is 0 Å². The third kappa shape index (κ3) is 3.42. The molecule has 0 aliphatic carbocycles. The summed E-state index contributed by atoms with van der Waals surface area (Å²) in [6, 6.07) is 8.95. The highest BCUT2D eigenvalue weighted by molar-refractivity contribution is 5.94. The van der Waals surface area contributed by atoms with Crippen LogP contribution < -0.4 is 0 Å². The second-order valence-electron chi connectivity index (χ2n) is 4.90. The predicted molar refractivity (Wildman–Crippen MR) is 73.3 cm³/mol. The lowest BCUT2D eigenvalue weighted by atomic mass is 10.1. The first-order chi connectivity index (χ1) is 9.88. The zero-order chi connectivity index (χ0) is 15.6. The molecular formula is C16H14F3NO. The van der Waals surface area contributed by atoms with Crippen molar-refractivity contribution in [3.8, 4) is 0 Å². The number of nitrogens with zero attached hydrogens (tertiary/aromatic N) is 1. The lowest BCUT2D eigenvalue weighted by molar-refractivity contribution is 0.0784. The maximum absolute atomic E-state index is 13.1. The maximum atomic E-state index is 13.1. The van der Waals surface area contributed by atoms with Crippen molar-refractivity contribution in [2.45, 2.75) is 13.5 Å². The van der Waals surface area contributed by atoms with E-state index in [0.717, 1.165) is 11.1 Å². The van der Waals surface area contributed by atoms with Crippen LogP contribution in [0.15, 0.2) is 36.4 Å². The average Bonchev–Trinajstić information content (AvgIpc) is 2.45. The fourth-order valence-electron chi connectivity index (χ4n) is 1.94. The number of rotatable bonds is 3. The molecule has 0 atom stereocenters. The van der Waals surface area contributed by atoms with Crippen molar-refractivity contribution in [2.75, 3.05) is 7.05 Å². The Morgan fingerprint density at radius 2 is 1.57 bits per heavy atom. The molecule has 21 heavy (non-hydrogen) atoms. The first-order valence-electron chi connectivity index (χ1n) is 6.34. The molecule has 0 spiro atoms. The van der Waals surface area contributed by atoms with Gasteiger partial charge in [-0.25, -0.2) is 13.2 Å². The summed E-state index contributed by atoms with van der Waals surface area (Å²) in [6.07, 6.45) is 0. The van der Waals surface area contributed by atoms with Gasteiger partial charge in [-0.2, -0.15) is 0 Å². The quantitative estimate of drug-likeness (QED) is 0.790. The van der Waals surface area contributed by atoms with Crippen molar-refractivity contribution in [3.63, 3.8) is 0 Å². The van der Waals surface area contributed by atoms with Crippen molar-refractivity contribution >= 4 is 5.91 Å². The number of aryl methyl sites for hydroxylation is 1. The normalized spacial score (nSPS) is 10.5. The molecule has 0 aliphatic heterocycles. The number of halogens is 3. The van der Waals surface area contributed by atoms with Crippen molar-refractivity contribution in [1.29, 1.82) is 0 Å². The molecule has 2 aromatic rings. The molecule has 0 saturated heterocycles. The van der Waals surface area contributed by atoms with E-state index in [9.17, 15) is 18.0 Å². The first-order valence-corrected chi connectivity index (χ1v) is 6.34. The zero-order valence-electron chi connectivity index (χ0n) is 11.7. The van der Waals surface area contributed by atoms with E-state index in [1.54, 1.807) is 0 Å². The number of carbonyl (C=O) groups excluding carboxylic acids is 1. The van der Waals surface area contributed by atoms with Crippen LogP contribution in [0.3, 0.4) is 0 Å². The fourth-order valence-corrected chi connectivity index (χ4v) is 1.94. The predicted octanol–water partition coefficient (Wildman–Crippen LogP) is 3.68. The summed E-state index contributed by atoms with van der Waals surface area (Å²) >= 11 is 0. The minimum atomic E-state index is -1.58. The summed E-state index contributed by atoms with van der Waals surface area (Å²) in [5.74, 6) is -4.90. The zero-order valence-corrected chi connectivity index (χ0v) is 11.7. The standard InChI is InChI=1S/C16H14F3NO/c1-10-3-5-11(6-4-10)9-20(2)16(21)12-7-13(17)15(19)14(18)8-12/h3-8H,9H2,1-2H3. The van der Waals surface area contributed by atoms with Gasteiger partial charge in [0.2, 0.25) is 0 Å². The van der Waals surface area contributed by atoms with Gasteiger partial charge in [0.05, 0.1) is 0 Å². The molecule has 0 aromatic heterocycles. The Balaban J connectivity index is 2.17. The third-order valence-corrected chi connectivity index (χ3v) is 3.12. The maximum Gasteiger partial charge on any atom is 0.254 e. The van der Waals surface area contributed by atoms with Crippen LogP contribution in [-0.4, -0.2) is 17.9 Å². The molecule has 0 fully saturated rings. The average molecular weight is 293 g/mol. The Hall–Kier alpha value is -2.30. The molecule has 0 unspecified atom stereocenters. The Morgan fingerprint density at radius 3 is 2.10 bits per heavy atom. The number of hydrogen-bond acceptors (Lipinski definition) is 1. The van der Waals surface area contributed by atoms with Crippen LogP contribution >= 0.6 is 0 Å². The smallest absolute Gasteiger partial charge is 0.254 e. The molecule has 0 aliphatic rings. The molecule has 1 amide bonds. The van der Waals surface area contributed by atoms with Crippen LogP contribution in [0, 0.1) is 24.4 Å². The van der Waals surface area contributed by atoms with E-state index in [1.165, 1.54) is 11.9 Å². The summed E-state index contributed by atoms with van der Waals surface area (Å²) in [6.45, 7) is 2.24. The summed E-state index contributed by atoms with van der Waals surface area (Å²) in [5, 5.41) is 0. The van der Waals surface area contributed by atoms with Gasteiger partial charge in [0.15, 0.2) is 17.5 Å². The monoisotopic (exact) mass is 293 g/mol. The first kappa shape index (κ1) is 15.1. The van der Waals surface area contributed by atoms with E-state index in [0.29, 0.717) is 18.7 Å². The summed E-state index contributed by atoms with van der Waals surface area (Å²) in [5.41, 5.74) is 1.76. The van der Waals surface area contributed by atoms with Crippen LogP contribution in [0.5, 0.6) is 0 Å². The molecule has 0 bridgehead atoms. The van der Waals surface area contributed by atoms with Crippen molar-refractivity contribution in [1.82, 2.24) is 4.90 Å². The van der Waals surface area contributed by atoms with Gasteiger partial charge in [0, 0.05) is 19.2 Å². The summed E-state index contributed by atoms with van der Waals surface area (Å²) in [7, 11) is 1.52. The number of amides is 1. The molecule has 0 N–H and O–H groups in total. The Bertz CT molecular complexity index is 645. The Labute approximate surface area is 120 Å². The second-order valence-corrected chi connectivity index (χ2v) is 4.90. The van der Waals surface area contributed by atoms with Gasteiger partial charge in [-0.3, -0.25) is 4.79 Å². The highest BCUT2D eigenvalue weighted by Gasteiger charge is 2.18. The Morgan fingerprint density at radius 1 is 1.05 bits per heavy atom. The van der Waals surface area contributed by atoms with Gasteiger partial charge in [0.25, 0.3) is 5.91 Å². The van der Waals surface area contributed by atoms with Crippen LogP contribution in [0.4, 0.5) is 13.2 Å². The molecule has 2 aromatic carbocycles. The minimum absolute atomic E-state index is 0.221. The van der Waals surface area contributed by atoms with Crippen molar-refractivity contribution in [3.05, 3.63) is 70.5 Å². The fraction of sp³-hybridized carbons (Fsp3) is 0.188. The number of hydrogen-bond donors (Lipinski definition) is 0. The SMILES string of the molecule is Cc1ccc(CN(C)C(=O)c2cc(F)c(F)c(F)c2)cc1. The van der Waals surface area contributed by atoms with Gasteiger partial charge < -0.3 is 4.90 Å². The number of benzene rings is 2. The molecule has 2 nitrogen and oxygen atoms in total. The van der Waals surface area contributed by atoms with Gasteiger partial charge in [0.1, 0.15) is 0 Å². The summed E-state index contributed by atoms with van der Waals surface area (Å²) in [4.78, 5) is 13.4. The van der Waals surface area contributed by atoms with E-state index in [-0.39, 0.29) is 5.56 Å². The number of carbonyl (C=O) groups is 1. The molecule has 110 valence electrons. The minimum Gasteiger partial charge on any atom is -0.337 e. The van der Waals surface area contributed by atoms with Crippen molar-refractivity contribution in [2.24, 2.45) is 0 Å². The van der Waals surface area contributed by atoms with E-state index in [1.807, 2.05) is 31.2 Å². The van der Waals surface area contributed by atoms with Crippen LogP contribution in [0.1, 0.15) is 21.5 Å². The lowest BCUT2D eigenvalue weighted by Gasteiger charge is -2.17. The van der Waals surface area contributed by atoms with Crippen molar-refractivity contribution < 1.29 is 18.0 Å². The topological polar surface area (TPSA) is 20.3 Å². The molecule has 0 saturated carbocycles. The highest BCUT2D eigenvalue weighted by atomic mass is 19.2. The molecule has 0 radical (unpaired) electrons. The van der Waals surface area contributed by atoms with Crippen LogP contribution in [-0.2, 0) is 6.54 Å². The van der Waals surface area contributed by atoms with E-state index in [2.05, 4.69) is 0 Å². The Kier molecular flexibility index (Phi) is 4.31. The molecule has 2 rings (SSSR count). The molecule has 0 heterocycles. The summed E-state index contributed by atoms with van der Waals surface area (Å²) < 4.78 is 39.2. The molecular weight excluding hydrogens is 279 g/mol. The largest absolute Gasteiger partial charge is 0.337 e. The van der Waals surface area contributed by atoms with Gasteiger partial charge in [-0.05, 0) is 24.6 Å². The lowest BCUT2D eigenvalue weighted by Crippen LogP contribution is -2.26. The van der Waals surface area contributed by atoms with Crippen LogP contribution in [0.25, 0.3) is 0 Å².